The maximum Gasteiger partial charge on any atom is 0.416 e. The van der Waals surface area contributed by atoms with Crippen LogP contribution in [0, 0.1) is 0 Å². The number of nitrogens with zero attached hydrogens (tertiary/aromatic N) is 3. The zero-order valence-electron chi connectivity index (χ0n) is 14.9. The van der Waals surface area contributed by atoms with E-state index in [0.717, 1.165) is 12.1 Å². The van der Waals surface area contributed by atoms with Gasteiger partial charge in [-0.2, -0.15) is 13.2 Å². The Hall–Kier alpha value is -2.31. The summed E-state index contributed by atoms with van der Waals surface area (Å²) < 4.78 is 44.4. The number of aromatic nitrogens is 3. The largest absolute Gasteiger partial charge is 0.464 e. The van der Waals surface area contributed by atoms with Gasteiger partial charge < -0.3 is 10.1 Å². The maximum atomic E-state index is 13.0. The predicted molar refractivity (Wildman–Crippen MR) is 108 cm³/mol. The topological polar surface area (TPSA) is 77.0 Å². The second kappa shape index (κ2) is 8.59. The van der Waals surface area contributed by atoms with E-state index < -0.39 is 17.7 Å². The molecular weight excluding hydrogens is 445 g/mol. The van der Waals surface area contributed by atoms with Crippen molar-refractivity contribution in [3.05, 3.63) is 41.7 Å². The van der Waals surface area contributed by atoms with Gasteiger partial charge in [-0.05, 0) is 30.5 Å². The van der Waals surface area contributed by atoms with Crippen LogP contribution in [0.4, 0.5) is 24.8 Å². The van der Waals surface area contributed by atoms with Gasteiger partial charge in [0, 0.05) is 16.8 Å². The fourth-order valence-corrected chi connectivity index (χ4v) is 4.22. The van der Waals surface area contributed by atoms with Gasteiger partial charge in [0.2, 0.25) is 5.95 Å². The number of benzene rings is 1. The number of thiol groups is 1. The van der Waals surface area contributed by atoms with Crippen molar-refractivity contribution in [2.45, 2.75) is 15.3 Å². The average molecular weight is 459 g/mol. The molecule has 0 aliphatic heterocycles. The normalized spacial score (nSPS) is 11.4. The Morgan fingerprint density at radius 2 is 2.03 bits per heavy atom. The van der Waals surface area contributed by atoms with E-state index in [1.54, 1.807) is 12.3 Å². The van der Waals surface area contributed by atoms with Crippen LogP contribution in [-0.4, -0.2) is 34.3 Å². The summed E-state index contributed by atoms with van der Waals surface area (Å²) in [5.41, 5.74) is -0.0983. The van der Waals surface area contributed by atoms with Crippen molar-refractivity contribution in [1.29, 1.82) is 0 Å². The molecule has 2 heterocycles. The Bertz CT molecular complexity index is 1060. The van der Waals surface area contributed by atoms with Crippen LogP contribution in [0.15, 0.2) is 39.6 Å². The van der Waals surface area contributed by atoms with Crippen molar-refractivity contribution in [1.82, 2.24) is 15.0 Å². The molecule has 2 aromatic heterocycles. The van der Waals surface area contributed by atoms with E-state index in [0.29, 0.717) is 14.9 Å². The summed E-state index contributed by atoms with van der Waals surface area (Å²) in [5, 5.41) is 3.20. The van der Waals surface area contributed by atoms with E-state index in [4.69, 9.17) is 4.74 Å². The van der Waals surface area contributed by atoms with Crippen LogP contribution >= 0.6 is 35.7 Å². The minimum Gasteiger partial charge on any atom is -0.464 e. The summed E-state index contributed by atoms with van der Waals surface area (Å²) >= 11 is 6.62. The quantitative estimate of drug-likeness (QED) is 0.311. The maximum absolute atomic E-state index is 13.0. The first kappa shape index (κ1) is 21.4. The molecule has 3 aromatic rings. The SMILES string of the molecule is COC(=O)c1nc(-c2ccnc(Nc3cc(S)cc(C(F)(F)F)c3)n2)sc1SC. The Morgan fingerprint density at radius 1 is 1.28 bits per heavy atom. The molecule has 0 bridgehead atoms. The first-order valence-corrected chi connectivity index (χ1v) is 10.3. The van der Waals surface area contributed by atoms with Gasteiger partial charge in [0.25, 0.3) is 0 Å². The molecule has 0 saturated heterocycles. The number of thiazole rings is 1. The zero-order valence-corrected chi connectivity index (χ0v) is 17.5. The monoisotopic (exact) mass is 458 g/mol. The highest BCUT2D eigenvalue weighted by atomic mass is 32.2. The van der Waals surface area contributed by atoms with Crippen LogP contribution < -0.4 is 5.32 Å². The lowest BCUT2D eigenvalue weighted by Crippen LogP contribution is -2.06. The van der Waals surface area contributed by atoms with Gasteiger partial charge in [0.1, 0.15) is 10.7 Å². The Kier molecular flexibility index (Phi) is 6.34. The van der Waals surface area contributed by atoms with Crippen LogP contribution in [-0.2, 0) is 10.9 Å². The number of alkyl halides is 3. The van der Waals surface area contributed by atoms with E-state index in [9.17, 15) is 18.0 Å². The predicted octanol–water partition coefficient (Wildman–Crippen LogP) is 5.16. The highest BCUT2D eigenvalue weighted by Crippen LogP contribution is 2.35. The molecule has 0 atom stereocenters. The molecule has 0 saturated carbocycles. The zero-order chi connectivity index (χ0) is 21.2. The Labute approximate surface area is 177 Å². The lowest BCUT2D eigenvalue weighted by atomic mass is 10.2. The van der Waals surface area contributed by atoms with Crippen molar-refractivity contribution >= 4 is 53.3 Å². The number of methoxy groups -OCH3 is 1. The summed E-state index contributed by atoms with van der Waals surface area (Å²) in [5.74, 6) is -0.482. The minimum atomic E-state index is -4.50. The first-order valence-electron chi connectivity index (χ1n) is 7.86. The number of esters is 1. The molecule has 1 aromatic carbocycles. The van der Waals surface area contributed by atoms with Gasteiger partial charge in [-0.3, -0.25) is 0 Å². The number of anilines is 2. The lowest BCUT2D eigenvalue weighted by molar-refractivity contribution is -0.137. The van der Waals surface area contributed by atoms with E-state index in [-0.39, 0.29) is 22.2 Å². The molecule has 0 amide bonds. The van der Waals surface area contributed by atoms with E-state index in [2.05, 4.69) is 32.9 Å². The smallest absolute Gasteiger partial charge is 0.416 e. The number of hydrogen-bond donors (Lipinski definition) is 2. The van der Waals surface area contributed by atoms with Crippen molar-refractivity contribution < 1.29 is 22.7 Å². The standard InChI is InChI=1S/C17H13F3N4O2S3/c1-26-14(25)12-15(28-2)29-13(24-12)11-3-4-21-16(23-11)22-9-5-8(17(18,19)20)6-10(27)7-9/h3-7,27H,1-2H3,(H,21,22,23). The molecule has 29 heavy (non-hydrogen) atoms. The molecule has 152 valence electrons. The molecule has 1 N–H and O–H groups in total. The van der Waals surface area contributed by atoms with Gasteiger partial charge in [-0.15, -0.1) is 35.7 Å². The van der Waals surface area contributed by atoms with Crippen LogP contribution in [0.1, 0.15) is 16.1 Å². The average Bonchev–Trinajstić information content (AvgIpc) is 3.11. The summed E-state index contributed by atoms with van der Waals surface area (Å²) in [6.07, 6.45) is -1.26. The Balaban J connectivity index is 1.93. The van der Waals surface area contributed by atoms with E-state index in [1.165, 1.54) is 42.5 Å². The van der Waals surface area contributed by atoms with Crippen LogP contribution in [0.25, 0.3) is 10.7 Å². The summed E-state index contributed by atoms with van der Waals surface area (Å²) in [7, 11) is 1.27. The minimum absolute atomic E-state index is 0.0788. The third-order valence-electron chi connectivity index (χ3n) is 3.54. The van der Waals surface area contributed by atoms with Crippen LogP contribution in [0.2, 0.25) is 0 Å². The van der Waals surface area contributed by atoms with Crippen molar-refractivity contribution in [2.75, 3.05) is 18.7 Å². The molecular formula is C17H13F3N4O2S3. The summed E-state index contributed by atoms with van der Waals surface area (Å²) in [6.45, 7) is 0. The van der Waals surface area contributed by atoms with Crippen LogP contribution in [0.3, 0.4) is 0 Å². The highest BCUT2D eigenvalue weighted by Gasteiger charge is 2.31. The molecule has 0 radical (unpaired) electrons. The van der Waals surface area contributed by atoms with Gasteiger partial charge >= 0.3 is 12.1 Å². The molecule has 0 aliphatic carbocycles. The number of carbonyl (C=O) groups excluding carboxylic acids is 1. The molecule has 0 unspecified atom stereocenters. The molecule has 0 fully saturated rings. The van der Waals surface area contributed by atoms with Gasteiger partial charge in [0.05, 0.1) is 16.9 Å². The van der Waals surface area contributed by atoms with Crippen molar-refractivity contribution in [3.63, 3.8) is 0 Å². The number of halogens is 3. The van der Waals surface area contributed by atoms with Gasteiger partial charge in [0.15, 0.2) is 5.69 Å². The van der Waals surface area contributed by atoms with Gasteiger partial charge in [-0.1, -0.05) is 0 Å². The number of hydrogen-bond acceptors (Lipinski definition) is 9. The molecule has 3 rings (SSSR count). The number of rotatable bonds is 5. The van der Waals surface area contributed by atoms with E-state index >= 15 is 0 Å². The molecule has 12 heteroatoms. The first-order chi connectivity index (χ1) is 13.7. The fourth-order valence-electron chi connectivity index (χ4n) is 2.29. The summed E-state index contributed by atoms with van der Waals surface area (Å²) in [6, 6.07) is 4.89. The third kappa shape index (κ3) is 5.00. The van der Waals surface area contributed by atoms with Crippen molar-refractivity contribution in [2.24, 2.45) is 0 Å². The second-order valence-electron chi connectivity index (χ2n) is 5.51. The molecule has 0 spiro atoms. The number of thioether (sulfide) groups is 1. The van der Waals surface area contributed by atoms with Crippen molar-refractivity contribution in [3.8, 4) is 10.7 Å². The number of nitrogens with one attached hydrogen (secondary N) is 1. The van der Waals surface area contributed by atoms with Gasteiger partial charge in [-0.25, -0.2) is 19.7 Å². The highest BCUT2D eigenvalue weighted by molar-refractivity contribution is 8.00. The van der Waals surface area contributed by atoms with E-state index in [1.807, 2.05) is 0 Å². The molecule has 6 nitrogen and oxygen atoms in total. The third-order valence-corrected chi connectivity index (χ3v) is 5.98. The number of ether oxygens (including phenoxy) is 1. The Morgan fingerprint density at radius 3 is 2.69 bits per heavy atom. The lowest BCUT2D eigenvalue weighted by Gasteiger charge is -2.11. The second-order valence-corrected chi connectivity index (χ2v) is 8.10. The number of carbonyl (C=O) groups is 1. The van der Waals surface area contributed by atoms with Crippen LogP contribution in [0.5, 0.6) is 0 Å². The fraction of sp³-hybridized carbons (Fsp3) is 0.176. The summed E-state index contributed by atoms with van der Waals surface area (Å²) in [4.78, 5) is 24.6. The molecule has 0 aliphatic rings.